The van der Waals surface area contributed by atoms with E-state index in [1.54, 1.807) is 6.92 Å². The molecule has 0 bridgehead atoms. The summed E-state index contributed by atoms with van der Waals surface area (Å²) in [6, 6.07) is 2.30. The van der Waals surface area contributed by atoms with Gasteiger partial charge in [-0.3, -0.25) is 0 Å². The van der Waals surface area contributed by atoms with E-state index < -0.39 is 20.9 Å². The highest BCUT2D eigenvalue weighted by molar-refractivity contribution is 7.89. The van der Waals surface area contributed by atoms with Crippen LogP contribution in [0.1, 0.15) is 6.92 Å². The van der Waals surface area contributed by atoms with Crippen molar-refractivity contribution in [2.45, 2.75) is 11.8 Å². The maximum Gasteiger partial charge on any atom is 0.242 e. The van der Waals surface area contributed by atoms with Crippen LogP contribution in [0.4, 0.5) is 4.39 Å². The number of alkyl halides is 1. The van der Waals surface area contributed by atoms with Crippen LogP contribution < -0.4 is 4.72 Å². The minimum absolute atomic E-state index is 0.0441. The average Bonchev–Trinajstić information content (AvgIpc) is 2.32. The molecular formula is C10H11Cl3FNO2S. The van der Waals surface area contributed by atoms with E-state index in [1.807, 2.05) is 0 Å². The molecule has 0 heterocycles. The number of sulfonamides is 1. The Balaban J connectivity index is 3.03. The summed E-state index contributed by atoms with van der Waals surface area (Å²) in [4.78, 5) is -0.340. The van der Waals surface area contributed by atoms with Gasteiger partial charge in [0.25, 0.3) is 0 Å². The summed E-state index contributed by atoms with van der Waals surface area (Å²) in [6.07, 6.45) is 0. The highest BCUT2D eigenvalue weighted by Crippen LogP contribution is 2.29. The molecule has 1 aromatic rings. The van der Waals surface area contributed by atoms with Gasteiger partial charge < -0.3 is 0 Å². The van der Waals surface area contributed by atoms with Gasteiger partial charge in [-0.1, -0.05) is 30.1 Å². The van der Waals surface area contributed by atoms with Gasteiger partial charge in [0.05, 0.1) is 10.0 Å². The second-order valence-electron chi connectivity index (χ2n) is 3.78. The molecule has 0 saturated carbocycles. The second kappa shape index (κ2) is 6.39. The first-order chi connectivity index (χ1) is 8.29. The summed E-state index contributed by atoms with van der Waals surface area (Å²) in [5, 5.41) is -0.749. The third kappa shape index (κ3) is 3.71. The molecule has 0 fully saturated rings. The van der Waals surface area contributed by atoms with E-state index in [0.717, 1.165) is 12.1 Å². The highest BCUT2D eigenvalue weighted by atomic mass is 35.5. The molecule has 1 unspecified atom stereocenters. The topological polar surface area (TPSA) is 46.2 Å². The van der Waals surface area contributed by atoms with Gasteiger partial charge >= 0.3 is 0 Å². The third-order valence-electron chi connectivity index (χ3n) is 2.17. The van der Waals surface area contributed by atoms with Crippen LogP contribution in [0.3, 0.4) is 0 Å². The summed E-state index contributed by atoms with van der Waals surface area (Å²) in [7, 11) is -3.87. The highest BCUT2D eigenvalue weighted by Gasteiger charge is 2.22. The van der Waals surface area contributed by atoms with Crippen LogP contribution in [-0.2, 0) is 10.0 Å². The predicted octanol–water partition coefficient (Wildman–Crippen LogP) is 3.29. The van der Waals surface area contributed by atoms with Crippen LogP contribution in [0.15, 0.2) is 17.0 Å². The lowest BCUT2D eigenvalue weighted by atomic mass is 10.2. The maximum absolute atomic E-state index is 13.4. The Bertz CT molecular complexity index is 536. The number of nitrogens with one attached hydrogen (secondary N) is 1. The largest absolute Gasteiger partial charge is 0.242 e. The first kappa shape index (κ1) is 16.0. The Morgan fingerprint density at radius 3 is 2.56 bits per heavy atom. The van der Waals surface area contributed by atoms with Gasteiger partial charge in [-0.2, -0.15) is 0 Å². The lowest BCUT2D eigenvalue weighted by Crippen LogP contribution is -2.29. The second-order valence-corrected chi connectivity index (χ2v) is 6.61. The molecule has 1 atom stereocenters. The minimum atomic E-state index is -3.87. The van der Waals surface area contributed by atoms with E-state index in [9.17, 15) is 12.8 Å². The van der Waals surface area contributed by atoms with Crippen LogP contribution in [0.5, 0.6) is 0 Å². The van der Waals surface area contributed by atoms with Crippen molar-refractivity contribution in [1.29, 1.82) is 0 Å². The third-order valence-corrected chi connectivity index (χ3v) is 4.94. The van der Waals surface area contributed by atoms with Crippen LogP contribution in [0, 0.1) is 11.7 Å². The molecule has 102 valence electrons. The zero-order valence-corrected chi connectivity index (χ0v) is 12.5. The van der Waals surface area contributed by atoms with Crippen molar-refractivity contribution in [1.82, 2.24) is 4.72 Å². The van der Waals surface area contributed by atoms with Crippen molar-refractivity contribution in [2.24, 2.45) is 5.92 Å². The molecule has 0 aliphatic rings. The molecule has 0 aromatic heterocycles. The quantitative estimate of drug-likeness (QED) is 0.663. The lowest BCUT2D eigenvalue weighted by molar-refractivity contribution is 0.559. The van der Waals surface area contributed by atoms with Crippen LogP contribution in [-0.4, -0.2) is 20.8 Å². The summed E-state index contributed by atoms with van der Waals surface area (Å²) in [6.45, 7) is 1.92. The Labute approximate surface area is 120 Å². The summed E-state index contributed by atoms with van der Waals surface area (Å²) in [5.74, 6) is -0.686. The number of hydrogen-bond donors (Lipinski definition) is 1. The molecule has 0 aliphatic heterocycles. The van der Waals surface area contributed by atoms with Crippen LogP contribution >= 0.6 is 34.8 Å². The molecule has 8 heteroatoms. The van der Waals surface area contributed by atoms with Gasteiger partial charge in [0.15, 0.2) is 5.82 Å². The monoisotopic (exact) mass is 333 g/mol. The first-order valence-electron chi connectivity index (χ1n) is 4.98. The fourth-order valence-electron chi connectivity index (χ4n) is 1.10. The average molecular weight is 335 g/mol. The van der Waals surface area contributed by atoms with E-state index in [4.69, 9.17) is 34.8 Å². The van der Waals surface area contributed by atoms with Crippen molar-refractivity contribution < 1.29 is 12.8 Å². The number of rotatable bonds is 5. The van der Waals surface area contributed by atoms with E-state index in [1.165, 1.54) is 0 Å². The number of hydrogen-bond acceptors (Lipinski definition) is 2. The normalized spacial score (nSPS) is 13.6. The smallest absolute Gasteiger partial charge is 0.211 e. The molecule has 0 amide bonds. The van der Waals surface area contributed by atoms with E-state index in [2.05, 4.69) is 4.72 Å². The Morgan fingerprint density at radius 2 is 2.00 bits per heavy atom. The summed E-state index contributed by atoms with van der Waals surface area (Å²) < 4.78 is 39.5. The first-order valence-corrected chi connectivity index (χ1v) is 7.76. The summed E-state index contributed by atoms with van der Waals surface area (Å²) >= 11 is 16.7. The number of halogens is 4. The number of benzene rings is 1. The zero-order valence-electron chi connectivity index (χ0n) is 9.38. The van der Waals surface area contributed by atoms with Crippen LogP contribution in [0.2, 0.25) is 10.0 Å². The summed E-state index contributed by atoms with van der Waals surface area (Å²) in [5.41, 5.74) is 0. The van der Waals surface area contributed by atoms with Crippen molar-refractivity contribution in [2.75, 3.05) is 12.4 Å². The molecule has 1 rings (SSSR count). The molecule has 1 aromatic carbocycles. The lowest BCUT2D eigenvalue weighted by Gasteiger charge is -2.11. The van der Waals surface area contributed by atoms with Crippen molar-refractivity contribution in [3.8, 4) is 0 Å². The van der Waals surface area contributed by atoms with Gasteiger partial charge in [-0.25, -0.2) is 17.5 Å². The fourth-order valence-corrected chi connectivity index (χ4v) is 3.12. The van der Waals surface area contributed by atoms with Gasteiger partial charge in [0.1, 0.15) is 4.90 Å². The van der Waals surface area contributed by atoms with E-state index >= 15 is 0 Å². The Kier molecular flexibility index (Phi) is 5.67. The van der Waals surface area contributed by atoms with Gasteiger partial charge in [0, 0.05) is 12.4 Å². The zero-order chi connectivity index (χ0) is 13.9. The van der Waals surface area contributed by atoms with Gasteiger partial charge in [-0.15, -0.1) is 11.6 Å². The molecule has 0 spiro atoms. The van der Waals surface area contributed by atoms with E-state index in [-0.39, 0.29) is 22.4 Å². The molecule has 0 radical (unpaired) electrons. The van der Waals surface area contributed by atoms with Gasteiger partial charge in [-0.05, 0) is 18.1 Å². The molecule has 1 N–H and O–H groups in total. The molecule has 0 aliphatic carbocycles. The molecule has 18 heavy (non-hydrogen) atoms. The van der Waals surface area contributed by atoms with Gasteiger partial charge in [0.2, 0.25) is 10.0 Å². The van der Waals surface area contributed by atoms with Crippen molar-refractivity contribution >= 4 is 44.8 Å². The fraction of sp³-hybridized carbons (Fsp3) is 0.400. The minimum Gasteiger partial charge on any atom is -0.211 e. The van der Waals surface area contributed by atoms with E-state index in [0.29, 0.717) is 5.88 Å². The molecular weight excluding hydrogens is 324 g/mol. The van der Waals surface area contributed by atoms with Crippen molar-refractivity contribution in [3.63, 3.8) is 0 Å². The Morgan fingerprint density at radius 1 is 1.39 bits per heavy atom. The van der Waals surface area contributed by atoms with Crippen LogP contribution in [0.25, 0.3) is 0 Å². The molecule has 0 saturated heterocycles. The SMILES string of the molecule is CC(CCl)CNS(=O)(=O)c1ccc(Cl)c(F)c1Cl. The predicted molar refractivity (Wildman–Crippen MR) is 71.5 cm³/mol. The maximum atomic E-state index is 13.4. The van der Waals surface area contributed by atoms with Crippen molar-refractivity contribution in [3.05, 3.63) is 28.0 Å². The molecule has 3 nitrogen and oxygen atoms in total. The Hall–Kier alpha value is -0.0700. The standard InChI is InChI=1S/C10H11Cl3FNO2S/c1-6(4-11)5-15-18(16,17)8-3-2-7(12)10(14)9(8)13/h2-3,6,15H,4-5H2,1H3.